The molecule has 4 rings (SSSR count). The molecule has 128 valence electrons. The SMILES string of the molecule is Cc1cc2nc(N3CCC(C(=O)O)CC3)n(C3CCC3)c2cc1C. The number of aryl methyl sites for hydroxylation is 2. The average molecular weight is 327 g/mol. The topological polar surface area (TPSA) is 58.4 Å². The fraction of sp³-hybridized carbons (Fsp3) is 0.579. The lowest BCUT2D eigenvalue weighted by Crippen LogP contribution is -2.38. The lowest BCUT2D eigenvalue weighted by atomic mass is 9.92. The van der Waals surface area contributed by atoms with E-state index >= 15 is 0 Å². The third kappa shape index (κ3) is 2.46. The second-order valence-electron chi connectivity index (χ2n) is 7.39. The van der Waals surface area contributed by atoms with Crippen LogP contribution < -0.4 is 4.90 Å². The smallest absolute Gasteiger partial charge is 0.306 e. The lowest BCUT2D eigenvalue weighted by Gasteiger charge is -2.35. The number of imidazole rings is 1. The molecule has 1 aliphatic heterocycles. The molecule has 5 heteroatoms. The number of aliphatic carboxylic acids is 1. The highest BCUT2D eigenvalue weighted by Gasteiger charge is 2.31. The van der Waals surface area contributed by atoms with Crippen molar-refractivity contribution >= 4 is 23.0 Å². The van der Waals surface area contributed by atoms with Crippen LogP contribution in [0.1, 0.15) is 49.3 Å². The fourth-order valence-electron chi connectivity index (χ4n) is 3.89. The van der Waals surface area contributed by atoms with Crippen molar-refractivity contribution in [3.63, 3.8) is 0 Å². The molecule has 0 amide bonds. The summed E-state index contributed by atoms with van der Waals surface area (Å²) in [6.45, 7) is 5.86. The largest absolute Gasteiger partial charge is 0.481 e. The Kier molecular flexibility index (Phi) is 3.74. The van der Waals surface area contributed by atoms with Gasteiger partial charge in [0.25, 0.3) is 0 Å². The first kappa shape index (κ1) is 15.5. The quantitative estimate of drug-likeness (QED) is 0.934. The molecule has 1 saturated heterocycles. The van der Waals surface area contributed by atoms with Gasteiger partial charge in [-0.05, 0) is 69.2 Å². The molecule has 2 aromatic rings. The number of fused-ring (bicyclic) bond motifs is 1. The molecule has 1 aromatic heterocycles. The summed E-state index contributed by atoms with van der Waals surface area (Å²) in [5.74, 6) is 0.184. The number of rotatable bonds is 3. The van der Waals surface area contributed by atoms with Crippen molar-refractivity contribution < 1.29 is 9.90 Å². The molecule has 0 spiro atoms. The van der Waals surface area contributed by atoms with Crippen molar-refractivity contribution in [2.24, 2.45) is 5.92 Å². The van der Waals surface area contributed by atoms with Gasteiger partial charge < -0.3 is 14.6 Å². The maximum absolute atomic E-state index is 11.2. The molecule has 2 fully saturated rings. The van der Waals surface area contributed by atoms with Gasteiger partial charge in [-0.3, -0.25) is 4.79 Å². The van der Waals surface area contributed by atoms with Crippen LogP contribution in [0.2, 0.25) is 0 Å². The van der Waals surface area contributed by atoms with Gasteiger partial charge in [-0.2, -0.15) is 0 Å². The van der Waals surface area contributed by atoms with Crippen LogP contribution in [0.15, 0.2) is 12.1 Å². The minimum Gasteiger partial charge on any atom is -0.481 e. The normalized spacial score (nSPS) is 19.7. The second kappa shape index (κ2) is 5.80. The van der Waals surface area contributed by atoms with Gasteiger partial charge in [0, 0.05) is 19.1 Å². The first-order chi connectivity index (χ1) is 11.5. The number of hydrogen-bond acceptors (Lipinski definition) is 3. The van der Waals surface area contributed by atoms with Gasteiger partial charge in [0.2, 0.25) is 5.95 Å². The van der Waals surface area contributed by atoms with E-state index in [4.69, 9.17) is 4.98 Å². The summed E-state index contributed by atoms with van der Waals surface area (Å²) in [7, 11) is 0. The Bertz CT molecular complexity index is 783. The van der Waals surface area contributed by atoms with E-state index in [-0.39, 0.29) is 5.92 Å². The minimum atomic E-state index is -0.659. The number of nitrogens with zero attached hydrogens (tertiary/aromatic N) is 3. The van der Waals surface area contributed by atoms with Crippen LogP contribution in [0, 0.1) is 19.8 Å². The number of carbonyl (C=O) groups is 1. The van der Waals surface area contributed by atoms with Crippen LogP contribution in [0.5, 0.6) is 0 Å². The van der Waals surface area contributed by atoms with Gasteiger partial charge >= 0.3 is 5.97 Å². The molecule has 1 aromatic carbocycles. The molecule has 0 unspecified atom stereocenters. The summed E-state index contributed by atoms with van der Waals surface area (Å²) < 4.78 is 2.42. The van der Waals surface area contributed by atoms with E-state index in [2.05, 4.69) is 35.4 Å². The van der Waals surface area contributed by atoms with E-state index in [9.17, 15) is 9.90 Å². The maximum atomic E-state index is 11.2. The lowest BCUT2D eigenvalue weighted by molar-refractivity contribution is -0.142. The van der Waals surface area contributed by atoms with Gasteiger partial charge in [-0.25, -0.2) is 4.98 Å². The highest BCUT2D eigenvalue weighted by atomic mass is 16.4. The Morgan fingerprint density at radius 3 is 2.38 bits per heavy atom. The molecule has 1 N–H and O–H groups in total. The van der Waals surface area contributed by atoms with Gasteiger partial charge in [0.05, 0.1) is 17.0 Å². The molecule has 24 heavy (non-hydrogen) atoms. The first-order valence-electron chi connectivity index (χ1n) is 9.01. The molecule has 1 saturated carbocycles. The van der Waals surface area contributed by atoms with Crippen LogP contribution in [-0.2, 0) is 4.79 Å². The summed E-state index contributed by atoms with van der Waals surface area (Å²) in [6, 6.07) is 5.00. The molecule has 5 nitrogen and oxygen atoms in total. The zero-order chi connectivity index (χ0) is 16.8. The van der Waals surface area contributed by atoms with Crippen LogP contribution in [0.25, 0.3) is 11.0 Å². The summed E-state index contributed by atoms with van der Waals surface area (Å²) in [5.41, 5.74) is 4.88. The highest BCUT2D eigenvalue weighted by molar-refractivity contribution is 5.81. The highest BCUT2D eigenvalue weighted by Crippen LogP contribution is 2.39. The number of hydrogen-bond donors (Lipinski definition) is 1. The van der Waals surface area contributed by atoms with E-state index in [1.807, 2.05) is 0 Å². The summed E-state index contributed by atoms with van der Waals surface area (Å²) in [5, 5.41) is 9.22. The van der Waals surface area contributed by atoms with Crippen molar-refractivity contribution in [3.8, 4) is 0 Å². The summed E-state index contributed by atoms with van der Waals surface area (Å²) >= 11 is 0. The van der Waals surface area contributed by atoms with Gasteiger partial charge in [0.1, 0.15) is 0 Å². The number of carboxylic acid groups (broad SMARTS) is 1. The Morgan fingerprint density at radius 1 is 1.12 bits per heavy atom. The zero-order valence-electron chi connectivity index (χ0n) is 14.5. The molecular formula is C19H25N3O2. The third-order valence-corrected chi connectivity index (χ3v) is 5.85. The molecule has 2 heterocycles. The standard InChI is InChI=1S/C19H25N3O2/c1-12-10-16-17(11-13(12)2)22(15-4-3-5-15)19(20-16)21-8-6-14(7-9-21)18(23)24/h10-11,14-15H,3-9H2,1-2H3,(H,23,24). The molecule has 0 bridgehead atoms. The van der Waals surface area contributed by atoms with Crippen LogP contribution in [-0.4, -0.2) is 33.7 Å². The Labute approximate surface area is 142 Å². The fourth-order valence-corrected chi connectivity index (χ4v) is 3.89. The Hall–Kier alpha value is -2.04. The van der Waals surface area contributed by atoms with Crippen molar-refractivity contribution in [2.75, 3.05) is 18.0 Å². The van der Waals surface area contributed by atoms with Crippen molar-refractivity contribution in [1.82, 2.24) is 9.55 Å². The van der Waals surface area contributed by atoms with Gasteiger partial charge in [-0.1, -0.05) is 0 Å². The number of anilines is 1. The Morgan fingerprint density at radius 2 is 1.79 bits per heavy atom. The van der Waals surface area contributed by atoms with E-state index in [1.165, 1.54) is 35.9 Å². The molecule has 2 aliphatic rings. The number of carboxylic acids is 1. The molecular weight excluding hydrogens is 302 g/mol. The second-order valence-corrected chi connectivity index (χ2v) is 7.39. The zero-order valence-corrected chi connectivity index (χ0v) is 14.5. The van der Waals surface area contributed by atoms with Crippen molar-refractivity contribution in [3.05, 3.63) is 23.3 Å². The Balaban J connectivity index is 1.73. The summed E-state index contributed by atoms with van der Waals surface area (Å²) in [4.78, 5) is 18.5. The van der Waals surface area contributed by atoms with E-state index < -0.39 is 5.97 Å². The maximum Gasteiger partial charge on any atom is 0.306 e. The predicted octanol–water partition coefficient (Wildman–Crippen LogP) is 3.68. The average Bonchev–Trinajstić information content (AvgIpc) is 2.85. The number of aromatic nitrogens is 2. The van der Waals surface area contributed by atoms with E-state index in [0.717, 1.165) is 24.6 Å². The van der Waals surface area contributed by atoms with Crippen LogP contribution in [0.3, 0.4) is 0 Å². The van der Waals surface area contributed by atoms with E-state index in [1.54, 1.807) is 0 Å². The van der Waals surface area contributed by atoms with Crippen LogP contribution >= 0.6 is 0 Å². The molecule has 0 radical (unpaired) electrons. The van der Waals surface area contributed by atoms with Gasteiger partial charge in [0.15, 0.2) is 0 Å². The first-order valence-corrected chi connectivity index (χ1v) is 9.01. The number of piperidine rings is 1. The summed E-state index contributed by atoms with van der Waals surface area (Å²) in [6.07, 6.45) is 5.15. The number of benzene rings is 1. The van der Waals surface area contributed by atoms with E-state index in [0.29, 0.717) is 18.9 Å². The monoisotopic (exact) mass is 327 g/mol. The molecule has 1 aliphatic carbocycles. The van der Waals surface area contributed by atoms with Crippen molar-refractivity contribution in [2.45, 2.75) is 52.0 Å². The minimum absolute atomic E-state index is 0.202. The van der Waals surface area contributed by atoms with Gasteiger partial charge in [-0.15, -0.1) is 0 Å². The molecule has 0 atom stereocenters. The predicted molar refractivity (Wildman–Crippen MR) is 94.7 cm³/mol. The third-order valence-electron chi connectivity index (χ3n) is 5.85. The van der Waals surface area contributed by atoms with Crippen LogP contribution in [0.4, 0.5) is 5.95 Å². The van der Waals surface area contributed by atoms with Crippen molar-refractivity contribution in [1.29, 1.82) is 0 Å².